The minimum absolute atomic E-state index is 0.000359. The van der Waals surface area contributed by atoms with E-state index in [1.165, 1.54) is 54.1 Å². The molecule has 2 amide bonds. The monoisotopic (exact) mass is 653 g/mol. The van der Waals surface area contributed by atoms with Crippen LogP contribution in [0.3, 0.4) is 0 Å². The smallest absolute Gasteiger partial charge is 0.508 e. The van der Waals surface area contributed by atoms with Crippen molar-refractivity contribution in [3.05, 3.63) is 63.7 Å². The molecule has 1 unspecified atom stereocenters. The molecule has 0 bridgehead atoms. The van der Waals surface area contributed by atoms with E-state index in [4.69, 9.17) is 13.6 Å². The number of hydrogen-bond donors (Lipinski definition) is 3. The molecule has 0 radical (unpaired) electrons. The molecule has 2 saturated heterocycles. The van der Waals surface area contributed by atoms with Crippen molar-refractivity contribution >= 4 is 51.4 Å². The number of phenols is 1. The number of allylic oxidation sites excluding steroid dienone is 1. The van der Waals surface area contributed by atoms with Crippen molar-refractivity contribution in [2.75, 3.05) is 7.11 Å². The summed E-state index contributed by atoms with van der Waals surface area (Å²) in [5, 5.41) is 15.0. The SMILES string of the molecule is COC(=O)C=C(C)NC(C(=O)N[C@@H]1C(=O)N2[C@@H]1SC(C)(C)[C@@H]2C(=O)OCc1oc(=O)oc1CBr)c1ccc(O)cc1. The van der Waals surface area contributed by atoms with Crippen LogP contribution in [0.4, 0.5) is 0 Å². The lowest BCUT2D eigenvalue weighted by Gasteiger charge is -2.44. The molecule has 41 heavy (non-hydrogen) atoms. The van der Waals surface area contributed by atoms with Gasteiger partial charge in [-0.15, -0.1) is 11.8 Å². The average molecular weight is 654 g/mol. The van der Waals surface area contributed by atoms with Gasteiger partial charge in [0.25, 0.3) is 0 Å². The Morgan fingerprint density at radius 2 is 1.85 bits per heavy atom. The van der Waals surface area contributed by atoms with Crippen molar-refractivity contribution in [3.63, 3.8) is 0 Å². The number of β-lactam (4-membered cyclic amide) rings is 1. The lowest BCUT2D eigenvalue weighted by atomic mass is 9.95. The van der Waals surface area contributed by atoms with Crippen LogP contribution in [0.15, 0.2) is 49.7 Å². The van der Waals surface area contributed by atoms with Gasteiger partial charge in [-0.05, 0) is 38.5 Å². The van der Waals surface area contributed by atoms with E-state index in [-0.39, 0.29) is 29.2 Å². The molecule has 1 aromatic heterocycles. The van der Waals surface area contributed by atoms with Gasteiger partial charge >= 0.3 is 17.8 Å². The maximum absolute atomic E-state index is 13.5. The summed E-state index contributed by atoms with van der Waals surface area (Å²) in [7, 11) is 1.23. The molecular weight excluding hydrogens is 626 g/mol. The Labute approximate surface area is 246 Å². The fraction of sp³-hybridized carbons (Fsp3) is 0.423. The van der Waals surface area contributed by atoms with Crippen LogP contribution >= 0.6 is 27.7 Å². The molecule has 2 aliphatic heterocycles. The Hall–Kier alpha value is -3.72. The molecule has 4 rings (SSSR count). The number of carbonyl (C=O) groups excluding carboxylic acids is 4. The summed E-state index contributed by atoms with van der Waals surface area (Å²) in [5.74, 6) is -3.01. The highest BCUT2D eigenvalue weighted by atomic mass is 79.9. The lowest BCUT2D eigenvalue weighted by Crippen LogP contribution is -2.71. The number of carbonyl (C=O) groups is 4. The minimum atomic E-state index is -1.02. The first-order valence-corrected chi connectivity index (χ1v) is 14.3. The van der Waals surface area contributed by atoms with Gasteiger partial charge in [-0.3, -0.25) is 9.59 Å². The first kappa shape index (κ1) is 30.2. The van der Waals surface area contributed by atoms with Crippen LogP contribution in [-0.2, 0) is 40.6 Å². The number of nitrogens with one attached hydrogen (secondary N) is 2. The molecule has 220 valence electrons. The van der Waals surface area contributed by atoms with E-state index in [0.717, 1.165) is 0 Å². The second-order valence-electron chi connectivity index (χ2n) is 9.81. The Balaban J connectivity index is 1.48. The molecule has 2 fully saturated rings. The van der Waals surface area contributed by atoms with Crippen molar-refractivity contribution < 1.29 is 42.6 Å². The third-order valence-electron chi connectivity index (χ3n) is 6.55. The number of alkyl halides is 1. The van der Waals surface area contributed by atoms with E-state index >= 15 is 0 Å². The van der Waals surface area contributed by atoms with Crippen LogP contribution < -0.4 is 16.5 Å². The van der Waals surface area contributed by atoms with Gasteiger partial charge in [0.1, 0.15) is 29.2 Å². The quantitative estimate of drug-likeness (QED) is 0.147. The van der Waals surface area contributed by atoms with E-state index in [2.05, 4.69) is 31.3 Å². The van der Waals surface area contributed by atoms with Crippen LogP contribution in [0.1, 0.15) is 43.9 Å². The Morgan fingerprint density at radius 3 is 2.49 bits per heavy atom. The average Bonchev–Trinajstić information content (AvgIpc) is 3.42. The highest BCUT2D eigenvalue weighted by Gasteiger charge is 2.64. The van der Waals surface area contributed by atoms with Crippen LogP contribution in [-0.4, -0.2) is 63.1 Å². The fourth-order valence-corrected chi connectivity index (χ4v) is 6.65. The summed E-state index contributed by atoms with van der Waals surface area (Å²) in [6.45, 7) is 4.80. The van der Waals surface area contributed by atoms with E-state index in [0.29, 0.717) is 11.3 Å². The van der Waals surface area contributed by atoms with Gasteiger partial charge in [-0.2, -0.15) is 0 Å². The molecule has 0 saturated carbocycles. The number of benzene rings is 1. The Kier molecular flexibility index (Phi) is 8.87. The molecule has 13 nitrogen and oxygen atoms in total. The van der Waals surface area contributed by atoms with E-state index in [9.17, 15) is 29.1 Å². The number of halogens is 1. The summed E-state index contributed by atoms with van der Waals surface area (Å²) < 4.78 is 19.1. The first-order valence-electron chi connectivity index (χ1n) is 12.3. The number of methoxy groups -OCH3 is 1. The topological polar surface area (TPSA) is 178 Å². The molecule has 15 heteroatoms. The maximum Gasteiger partial charge on any atom is 0.519 e. The van der Waals surface area contributed by atoms with Crippen molar-refractivity contribution in [2.45, 2.75) is 61.0 Å². The molecule has 1 aromatic carbocycles. The summed E-state index contributed by atoms with van der Waals surface area (Å²) >= 11 is 4.51. The van der Waals surface area contributed by atoms with Gasteiger partial charge in [0.15, 0.2) is 18.1 Å². The van der Waals surface area contributed by atoms with E-state index in [1.807, 2.05) is 0 Å². The molecular formula is C26H28BrN3O10S. The standard InChI is InChI=1S/C26H28BrN3O10S/c1-12(9-17(32)37-4)28-18(13-5-7-14(31)8-6-13)21(33)29-19-22(34)30-20(26(2,3)41-23(19)30)24(35)38-11-16-15(10-27)39-25(36)40-16/h5-9,18-20,23,28,31H,10-11H2,1-4H3,(H,29,33)/t18?,19-,20+,23-/m1/s1. The fourth-order valence-electron chi connectivity index (χ4n) is 4.60. The van der Waals surface area contributed by atoms with Crippen LogP contribution in [0.2, 0.25) is 0 Å². The van der Waals surface area contributed by atoms with Crippen molar-refractivity contribution in [1.29, 1.82) is 0 Å². The second kappa shape index (κ2) is 12.0. The zero-order chi connectivity index (χ0) is 30.1. The van der Waals surface area contributed by atoms with Gasteiger partial charge in [0.05, 0.1) is 12.4 Å². The molecule has 3 heterocycles. The van der Waals surface area contributed by atoms with E-state index in [1.54, 1.807) is 20.8 Å². The number of thioether (sulfide) groups is 1. The largest absolute Gasteiger partial charge is 0.519 e. The van der Waals surface area contributed by atoms with E-state index < -0.39 is 57.8 Å². The minimum Gasteiger partial charge on any atom is -0.508 e. The number of rotatable bonds is 10. The van der Waals surface area contributed by atoms with Crippen molar-refractivity contribution in [1.82, 2.24) is 15.5 Å². The molecule has 2 aromatic rings. The molecule has 3 N–H and O–H groups in total. The summed E-state index contributed by atoms with van der Waals surface area (Å²) in [6.07, 6.45) is 1.18. The zero-order valence-electron chi connectivity index (χ0n) is 22.5. The summed E-state index contributed by atoms with van der Waals surface area (Å²) in [6, 6.07) is 2.99. The van der Waals surface area contributed by atoms with Crippen LogP contribution in [0.5, 0.6) is 5.75 Å². The number of amides is 2. The predicted molar refractivity (Wildman–Crippen MR) is 147 cm³/mol. The maximum atomic E-state index is 13.5. The zero-order valence-corrected chi connectivity index (χ0v) is 24.9. The summed E-state index contributed by atoms with van der Waals surface area (Å²) in [5.41, 5.74) is 0.804. The third kappa shape index (κ3) is 6.30. The summed E-state index contributed by atoms with van der Waals surface area (Å²) in [4.78, 5) is 64.3. The Bertz CT molecular complexity index is 1430. The van der Waals surface area contributed by atoms with Gasteiger partial charge in [0.2, 0.25) is 11.8 Å². The predicted octanol–water partition coefficient (Wildman–Crippen LogP) is 1.83. The molecule has 0 aliphatic carbocycles. The van der Waals surface area contributed by atoms with Crippen molar-refractivity contribution in [2.24, 2.45) is 0 Å². The number of phenolic OH excluding ortho intramolecular Hbond substituents is 1. The normalized spacial score (nSPS) is 21.9. The van der Waals surface area contributed by atoms with Crippen LogP contribution in [0, 0.1) is 0 Å². The first-order chi connectivity index (χ1) is 19.4. The number of hydrogen-bond acceptors (Lipinski definition) is 12. The second-order valence-corrected chi connectivity index (χ2v) is 12.1. The lowest BCUT2D eigenvalue weighted by molar-refractivity contribution is -0.165. The number of fused-ring (bicyclic) bond motifs is 1. The molecule has 0 spiro atoms. The highest BCUT2D eigenvalue weighted by Crippen LogP contribution is 2.51. The van der Waals surface area contributed by atoms with Gasteiger partial charge in [-0.25, -0.2) is 14.4 Å². The third-order valence-corrected chi connectivity index (χ3v) is 8.63. The van der Waals surface area contributed by atoms with Crippen molar-refractivity contribution in [3.8, 4) is 5.75 Å². The van der Waals surface area contributed by atoms with Gasteiger partial charge in [0, 0.05) is 16.5 Å². The number of esters is 2. The van der Waals surface area contributed by atoms with Crippen LogP contribution in [0.25, 0.3) is 0 Å². The number of aromatic hydroxyl groups is 1. The van der Waals surface area contributed by atoms with Gasteiger partial charge in [-0.1, -0.05) is 28.1 Å². The highest BCUT2D eigenvalue weighted by molar-refractivity contribution is 9.08. The number of nitrogens with zero attached hydrogens (tertiary/aromatic N) is 1. The Morgan fingerprint density at radius 1 is 1.20 bits per heavy atom. The molecule has 2 aliphatic rings. The molecule has 4 atom stereocenters. The number of ether oxygens (including phenoxy) is 2. The van der Waals surface area contributed by atoms with Gasteiger partial charge < -0.3 is 38.9 Å².